The van der Waals surface area contributed by atoms with E-state index in [0.717, 1.165) is 12.8 Å². The van der Waals surface area contributed by atoms with Gasteiger partial charge in [0.1, 0.15) is 0 Å². The van der Waals surface area contributed by atoms with Crippen molar-refractivity contribution in [1.29, 1.82) is 0 Å². The van der Waals surface area contributed by atoms with Crippen LogP contribution in [-0.2, 0) is 42.3 Å². The molecule has 0 saturated carbocycles. The maximum absolute atomic E-state index is 10.4. The number of allylic oxidation sites excluding steroid dienone is 8. The van der Waals surface area contributed by atoms with Gasteiger partial charge in [0.15, 0.2) is 0 Å². The number of halogens is 6. The number of hydrogen-bond donors (Lipinski definition) is 12. The SMILES string of the molecule is C1=CC[C]([Fe][C]2=CC=CC2)=C1.O=P(O)(O)F.O=P(O)(O)F.O=P(O)(O)F.O=P(O)(O)F.O=P(O)(O)F.O=P(O)(O)F. The second-order valence-corrected chi connectivity index (χ2v) is 12.8. The predicted molar refractivity (Wildman–Crippen MR) is 123 cm³/mol. The maximum atomic E-state index is 10.4. The molecule has 2 aliphatic carbocycles. The fourth-order valence-electron chi connectivity index (χ4n) is 1.11. The summed E-state index contributed by atoms with van der Waals surface area (Å²) in [5.74, 6) is 0. The largest absolute Gasteiger partial charge is 0.507 e. The van der Waals surface area contributed by atoms with Gasteiger partial charge in [0.05, 0.1) is 0 Å². The number of rotatable bonds is 2. The van der Waals surface area contributed by atoms with E-state index in [2.05, 4.69) is 36.5 Å². The van der Waals surface area contributed by atoms with Crippen LogP contribution in [0.3, 0.4) is 0 Å². The molecule has 0 aromatic heterocycles. The van der Waals surface area contributed by atoms with Gasteiger partial charge in [-0.2, -0.15) is 0 Å². The standard InChI is InChI=1S/2C5H5.6FH2O3P.Fe/c2*1-2-4-5-3-1;6*1-5(2,3)4;/h2*1-3H,4H2;6*(H2,2,3,4);. The van der Waals surface area contributed by atoms with E-state index in [-0.39, 0.29) is 0 Å². The van der Waals surface area contributed by atoms with Crippen LogP contribution in [0.15, 0.2) is 45.4 Å². The molecule has 0 fully saturated rings. The summed E-state index contributed by atoms with van der Waals surface area (Å²) in [5, 5.41) is 0. The van der Waals surface area contributed by atoms with E-state index in [9.17, 15) is 25.2 Å². The molecule has 0 amide bonds. The first kappa shape index (κ1) is 50.6. The van der Waals surface area contributed by atoms with Crippen molar-refractivity contribution in [3.05, 3.63) is 45.4 Å². The topological polar surface area (TPSA) is 345 Å². The minimum atomic E-state index is -5.14. The van der Waals surface area contributed by atoms with Gasteiger partial charge in [-0.3, -0.25) is 58.7 Å². The molecule has 0 aromatic rings. The van der Waals surface area contributed by atoms with Crippen molar-refractivity contribution < 1.29 is 126 Å². The van der Waals surface area contributed by atoms with Crippen LogP contribution in [0, 0.1) is 0 Å². The van der Waals surface area contributed by atoms with Crippen molar-refractivity contribution in [3.8, 4) is 0 Å². The molecule has 0 bridgehead atoms. The third-order valence-corrected chi connectivity index (χ3v) is 3.19. The van der Waals surface area contributed by atoms with E-state index in [1.807, 2.05) is 0 Å². The van der Waals surface area contributed by atoms with Gasteiger partial charge in [-0.1, -0.05) is 0 Å². The Labute approximate surface area is 232 Å². The number of hydrogen-bond acceptors (Lipinski definition) is 6. The first-order valence-corrected chi connectivity index (χ1v) is 18.4. The Morgan fingerprint density at radius 2 is 0.585 bits per heavy atom. The van der Waals surface area contributed by atoms with Crippen LogP contribution < -0.4 is 0 Å². The van der Waals surface area contributed by atoms with Crippen LogP contribution in [0.25, 0.3) is 0 Å². The molecule has 250 valence electrons. The van der Waals surface area contributed by atoms with Gasteiger partial charge in [-0.05, 0) is 0 Å². The van der Waals surface area contributed by atoms with E-state index < -0.39 is 47.4 Å². The van der Waals surface area contributed by atoms with Crippen molar-refractivity contribution in [3.63, 3.8) is 0 Å². The quantitative estimate of drug-likeness (QED) is 0.109. The molecular weight excluding hydrogens is 764 g/mol. The van der Waals surface area contributed by atoms with Gasteiger partial charge >= 0.3 is 121 Å². The third kappa shape index (κ3) is 179. The molecule has 0 atom stereocenters. The summed E-state index contributed by atoms with van der Waals surface area (Å²) in [5.41, 5.74) is 0. The Morgan fingerprint density at radius 3 is 0.683 bits per heavy atom. The minimum Gasteiger partial charge on any atom is -0.299 e. The average molecular weight is 786 g/mol. The van der Waals surface area contributed by atoms with Gasteiger partial charge in [0.25, 0.3) is 0 Å². The molecule has 2 aliphatic rings. The van der Waals surface area contributed by atoms with Gasteiger partial charge in [0, 0.05) is 0 Å². The summed E-state index contributed by atoms with van der Waals surface area (Å²) < 4.78 is 117. The Morgan fingerprint density at radius 1 is 0.439 bits per heavy atom. The summed E-state index contributed by atoms with van der Waals surface area (Å²) in [6.07, 6.45) is 15.5. The van der Waals surface area contributed by atoms with Gasteiger partial charge in [-0.25, -0.2) is 27.4 Å². The van der Waals surface area contributed by atoms with Crippen LogP contribution in [-0.4, -0.2) is 58.7 Å². The zero-order valence-corrected chi connectivity index (χ0v) is 25.5. The summed E-state index contributed by atoms with van der Waals surface area (Å²) >= 11 is 1.18. The van der Waals surface area contributed by atoms with Crippen LogP contribution >= 0.6 is 47.4 Å². The normalized spacial score (nSPS) is 14.3. The van der Waals surface area contributed by atoms with Crippen LogP contribution in [0.5, 0.6) is 0 Å². The van der Waals surface area contributed by atoms with E-state index in [1.54, 1.807) is 8.94 Å². The molecule has 12 N–H and O–H groups in total. The zero-order chi connectivity index (χ0) is 34.5. The molecule has 41 heavy (non-hydrogen) atoms. The van der Waals surface area contributed by atoms with Crippen LogP contribution in [0.4, 0.5) is 25.2 Å². The van der Waals surface area contributed by atoms with Crippen molar-refractivity contribution >= 4 is 47.4 Å². The zero-order valence-electron chi connectivity index (χ0n) is 19.0. The monoisotopic (exact) mass is 786 g/mol. The fourth-order valence-corrected chi connectivity index (χ4v) is 2.45. The van der Waals surface area contributed by atoms with Gasteiger partial charge in [0.2, 0.25) is 0 Å². The van der Waals surface area contributed by atoms with Crippen LogP contribution in [0.2, 0.25) is 0 Å². The molecule has 0 spiro atoms. The molecule has 0 aliphatic heterocycles. The molecule has 18 nitrogen and oxygen atoms in total. The summed E-state index contributed by atoms with van der Waals surface area (Å²) in [6.45, 7) is 0. The van der Waals surface area contributed by atoms with Gasteiger partial charge in [-0.15, -0.1) is 25.2 Å². The van der Waals surface area contributed by atoms with E-state index in [4.69, 9.17) is 86.1 Å². The van der Waals surface area contributed by atoms with Crippen LogP contribution in [0.1, 0.15) is 12.8 Å². The molecule has 2 rings (SSSR count). The predicted octanol–water partition coefficient (Wildman–Crippen LogP) is 3.05. The van der Waals surface area contributed by atoms with Crippen molar-refractivity contribution in [2.45, 2.75) is 12.8 Å². The molecular formula is C10H22F6FeO18P6. The molecule has 0 aromatic carbocycles. The Balaban J connectivity index is -0.000000128. The summed E-state index contributed by atoms with van der Waals surface area (Å²) in [6, 6.07) is 0. The van der Waals surface area contributed by atoms with Crippen molar-refractivity contribution in [2.24, 2.45) is 0 Å². The van der Waals surface area contributed by atoms with E-state index in [0.29, 0.717) is 0 Å². The van der Waals surface area contributed by atoms with E-state index >= 15 is 0 Å². The van der Waals surface area contributed by atoms with Crippen molar-refractivity contribution in [1.82, 2.24) is 0 Å². The second kappa shape index (κ2) is 23.4. The maximum Gasteiger partial charge on any atom is 0.507 e. The van der Waals surface area contributed by atoms with Gasteiger partial charge < -0.3 is 0 Å². The Bertz CT molecular complexity index is 908. The third-order valence-electron chi connectivity index (χ3n) is 1.66. The fraction of sp³-hybridized carbons (Fsp3) is 0.200. The molecule has 0 saturated heterocycles. The smallest absolute Gasteiger partial charge is 0.299 e. The molecule has 0 heterocycles. The second-order valence-electron chi connectivity index (χ2n) is 5.39. The molecule has 0 unspecified atom stereocenters. The minimum absolute atomic E-state index is 1.16. The van der Waals surface area contributed by atoms with E-state index in [1.165, 1.54) is 15.0 Å². The Hall–Kier alpha value is -0.0405. The molecule has 31 heteroatoms. The summed E-state index contributed by atoms with van der Waals surface area (Å²) in [7, 11) is -30.8. The first-order valence-electron chi connectivity index (χ1n) is 8.30. The average Bonchev–Trinajstić information content (AvgIpc) is 3.19. The molecule has 0 radical (unpaired) electrons. The first-order chi connectivity index (χ1) is 17.4. The van der Waals surface area contributed by atoms with Crippen molar-refractivity contribution in [2.75, 3.05) is 0 Å². The Kier molecular flexibility index (Phi) is 28.8. The summed E-state index contributed by atoms with van der Waals surface area (Å²) in [4.78, 5) is 83.6.